The van der Waals surface area contributed by atoms with Crippen LogP contribution in [0.1, 0.15) is 20.8 Å². The summed E-state index contributed by atoms with van der Waals surface area (Å²) in [6, 6.07) is 9.44. The molecule has 0 aliphatic carbocycles. The number of halogens is 1. The first-order valence-corrected chi connectivity index (χ1v) is 12.0. The van der Waals surface area contributed by atoms with Crippen LogP contribution < -0.4 is 15.8 Å². The maximum absolute atomic E-state index is 13.1. The molecule has 0 unspecified atom stereocenters. The molecule has 1 heterocycles. The Morgan fingerprint density at radius 2 is 1.82 bits per heavy atom. The monoisotopic (exact) mass is 492 g/mol. The quantitative estimate of drug-likeness (QED) is 0.461. The standard InChI is InChI=1S/C22H25FN4O6S/c1-4-26(5-2)34(30,31)19-13-17(11-12-18(19)32-6-3)24-20(28)14-27-22(29)33-21(25-27)15-7-9-16(23)10-8-15/h7-13H,4-6,14H2,1-3H3,(H,24,28). The summed E-state index contributed by atoms with van der Waals surface area (Å²) in [5.74, 6) is -1.85. The van der Waals surface area contributed by atoms with Crippen LogP contribution in [0.4, 0.5) is 10.1 Å². The molecule has 12 heteroatoms. The Bertz CT molecular complexity index is 1310. The highest BCUT2D eigenvalue weighted by atomic mass is 32.2. The van der Waals surface area contributed by atoms with Crippen LogP contribution in [0.5, 0.6) is 5.75 Å². The number of hydrogen-bond donors (Lipinski definition) is 1. The second-order valence-corrected chi connectivity index (χ2v) is 8.98. The number of rotatable bonds is 10. The van der Waals surface area contributed by atoms with Crippen LogP contribution >= 0.6 is 0 Å². The average molecular weight is 493 g/mol. The Morgan fingerprint density at radius 1 is 1.15 bits per heavy atom. The van der Waals surface area contributed by atoms with Crippen LogP contribution in [-0.2, 0) is 21.4 Å². The molecule has 182 valence electrons. The molecule has 0 aliphatic rings. The van der Waals surface area contributed by atoms with E-state index in [1.54, 1.807) is 20.8 Å². The SMILES string of the molecule is CCOc1ccc(NC(=O)Cn2nc(-c3ccc(F)cc3)oc2=O)cc1S(=O)(=O)N(CC)CC. The fourth-order valence-corrected chi connectivity index (χ4v) is 4.83. The lowest BCUT2D eigenvalue weighted by atomic mass is 10.2. The molecule has 1 aromatic heterocycles. The van der Waals surface area contributed by atoms with Crippen molar-refractivity contribution in [1.82, 2.24) is 14.1 Å². The first-order chi connectivity index (χ1) is 16.2. The van der Waals surface area contributed by atoms with E-state index in [0.29, 0.717) is 5.56 Å². The zero-order valence-corrected chi connectivity index (χ0v) is 19.8. The summed E-state index contributed by atoms with van der Waals surface area (Å²) in [4.78, 5) is 24.6. The number of hydrogen-bond acceptors (Lipinski definition) is 7. The fourth-order valence-electron chi connectivity index (χ4n) is 3.22. The number of sulfonamides is 1. The van der Waals surface area contributed by atoms with Crippen molar-refractivity contribution >= 4 is 21.6 Å². The van der Waals surface area contributed by atoms with Gasteiger partial charge in [0.15, 0.2) is 0 Å². The van der Waals surface area contributed by atoms with Crippen molar-refractivity contribution in [3.05, 3.63) is 58.8 Å². The molecule has 0 atom stereocenters. The van der Waals surface area contributed by atoms with E-state index in [4.69, 9.17) is 9.15 Å². The molecular formula is C22H25FN4O6S. The van der Waals surface area contributed by atoms with Crippen LogP contribution in [0.15, 0.2) is 56.6 Å². The second kappa shape index (κ2) is 10.6. The minimum absolute atomic E-state index is 0.0635. The number of ether oxygens (including phenoxy) is 1. The van der Waals surface area contributed by atoms with Crippen molar-refractivity contribution in [3.63, 3.8) is 0 Å². The predicted octanol–water partition coefficient (Wildman–Crippen LogP) is 2.71. The molecule has 2 aromatic carbocycles. The Balaban J connectivity index is 1.83. The third-order valence-electron chi connectivity index (χ3n) is 4.84. The van der Waals surface area contributed by atoms with Gasteiger partial charge in [-0.05, 0) is 49.4 Å². The molecule has 0 bridgehead atoms. The van der Waals surface area contributed by atoms with Gasteiger partial charge in [-0.3, -0.25) is 4.79 Å². The summed E-state index contributed by atoms with van der Waals surface area (Å²) in [5.41, 5.74) is 0.574. The zero-order chi connectivity index (χ0) is 24.9. The summed E-state index contributed by atoms with van der Waals surface area (Å²) in [6.07, 6.45) is 0. The third kappa shape index (κ3) is 5.51. The minimum Gasteiger partial charge on any atom is -0.492 e. The number of nitrogens with one attached hydrogen (secondary N) is 1. The van der Waals surface area contributed by atoms with E-state index in [2.05, 4.69) is 10.4 Å². The highest BCUT2D eigenvalue weighted by molar-refractivity contribution is 7.89. The molecule has 0 spiro atoms. The van der Waals surface area contributed by atoms with Crippen LogP contribution in [-0.4, -0.2) is 48.1 Å². The third-order valence-corrected chi connectivity index (χ3v) is 6.91. The summed E-state index contributed by atoms with van der Waals surface area (Å²) in [6.45, 7) is 5.51. The zero-order valence-electron chi connectivity index (χ0n) is 18.9. The van der Waals surface area contributed by atoms with E-state index in [1.165, 1.54) is 46.8 Å². The Labute approximate surface area is 196 Å². The Morgan fingerprint density at radius 3 is 2.44 bits per heavy atom. The second-order valence-electron chi connectivity index (χ2n) is 7.07. The lowest BCUT2D eigenvalue weighted by Crippen LogP contribution is -2.31. The van der Waals surface area contributed by atoms with Crippen LogP contribution in [0.2, 0.25) is 0 Å². The molecule has 1 amide bonds. The van der Waals surface area contributed by atoms with E-state index in [1.807, 2.05) is 0 Å². The van der Waals surface area contributed by atoms with Gasteiger partial charge in [0, 0.05) is 24.3 Å². The fraction of sp³-hybridized carbons (Fsp3) is 0.318. The van der Waals surface area contributed by atoms with Crippen LogP contribution in [0, 0.1) is 5.82 Å². The largest absolute Gasteiger partial charge is 0.492 e. The van der Waals surface area contributed by atoms with Crippen LogP contribution in [0.3, 0.4) is 0 Å². The molecule has 0 saturated heterocycles. The predicted molar refractivity (Wildman–Crippen MR) is 123 cm³/mol. The summed E-state index contributed by atoms with van der Waals surface area (Å²) in [5, 5.41) is 6.53. The Hall–Kier alpha value is -3.51. The topological polar surface area (TPSA) is 124 Å². The van der Waals surface area contributed by atoms with Gasteiger partial charge in [0.1, 0.15) is 23.0 Å². The smallest absolute Gasteiger partial charge is 0.437 e. The maximum Gasteiger partial charge on any atom is 0.437 e. The summed E-state index contributed by atoms with van der Waals surface area (Å²) in [7, 11) is -3.86. The van der Waals surface area contributed by atoms with Gasteiger partial charge in [0.05, 0.1) is 6.61 Å². The van der Waals surface area contributed by atoms with Gasteiger partial charge in [-0.1, -0.05) is 13.8 Å². The molecule has 3 aromatic rings. The molecule has 0 aliphatic heterocycles. The number of carbonyl (C=O) groups is 1. The van der Waals surface area contributed by atoms with Crippen molar-refractivity contribution in [3.8, 4) is 17.2 Å². The number of anilines is 1. The van der Waals surface area contributed by atoms with Crippen LogP contribution in [0.25, 0.3) is 11.5 Å². The van der Waals surface area contributed by atoms with Gasteiger partial charge >= 0.3 is 5.76 Å². The van der Waals surface area contributed by atoms with E-state index in [-0.39, 0.29) is 41.9 Å². The van der Waals surface area contributed by atoms with Gasteiger partial charge in [0.2, 0.25) is 21.8 Å². The van der Waals surface area contributed by atoms with E-state index < -0.39 is 34.0 Å². The van der Waals surface area contributed by atoms with Gasteiger partial charge in [-0.2, -0.15) is 8.99 Å². The molecule has 34 heavy (non-hydrogen) atoms. The molecule has 10 nitrogen and oxygen atoms in total. The number of benzene rings is 2. The number of carbonyl (C=O) groups excluding carboxylic acids is 1. The molecule has 0 radical (unpaired) electrons. The first-order valence-electron chi connectivity index (χ1n) is 10.6. The maximum atomic E-state index is 13.1. The lowest BCUT2D eigenvalue weighted by Gasteiger charge is -2.21. The van der Waals surface area contributed by atoms with E-state index in [9.17, 15) is 22.4 Å². The Kier molecular flexibility index (Phi) is 7.84. The van der Waals surface area contributed by atoms with Crippen molar-refractivity contribution in [2.45, 2.75) is 32.2 Å². The van der Waals surface area contributed by atoms with Crippen molar-refractivity contribution in [1.29, 1.82) is 0 Å². The molecule has 3 rings (SSSR count). The van der Waals surface area contributed by atoms with Gasteiger partial charge in [-0.15, -0.1) is 5.10 Å². The molecule has 0 fully saturated rings. The number of amides is 1. The summed E-state index contributed by atoms with van der Waals surface area (Å²) >= 11 is 0. The molecule has 1 N–H and O–H groups in total. The van der Waals surface area contributed by atoms with Gasteiger partial charge < -0.3 is 14.5 Å². The minimum atomic E-state index is -3.86. The van der Waals surface area contributed by atoms with E-state index in [0.717, 1.165) is 4.68 Å². The van der Waals surface area contributed by atoms with Gasteiger partial charge in [0.25, 0.3) is 0 Å². The van der Waals surface area contributed by atoms with Crippen molar-refractivity contribution in [2.24, 2.45) is 0 Å². The normalized spacial score (nSPS) is 11.6. The first kappa shape index (κ1) is 25.1. The molecular weight excluding hydrogens is 467 g/mol. The summed E-state index contributed by atoms with van der Waals surface area (Å²) < 4.78 is 51.8. The van der Waals surface area contributed by atoms with E-state index >= 15 is 0 Å². The van der Waals surface area contributed by atoms with Gasteiger partial charge in [-0.25, -0.2) is 17.6 Å². The van der Waals surface area contributed by atoms with Crippen molar-refractivity contribution in [2.75, 3.05) is 25.0 Å². The highest BCUT2D eigenvalue weighted by Crippen LogP contribution is 2.30. The van der Waals surface area contributed by atoms with Crippen molar-refractivity contribution < 1.29 is 26.8 Å². The number of aromatic nitrogens is 2. The average Bonchev–Trinajstić information content (AvgIpc) is 3.16. The highest BCUT2D eigenvalue weighted by Gasteiger charge is 2.26. The molecule has 0 saturated carbocycles. The lowest BCUT2D eigenvalue weighted by molar-refractivity contribution is -0.117. The number of nitrogens with zero attached hydrogens (tertiary/aromatic N) is 3.